The van der Waals surface area contributed by atoms with E-state index in [2.05, 4.69) is 11.5 Å². The predicted molar refractivity (Wildman–Crippen MR) is 58.1 cm³/mol. The van der Waals surface area contributed by atoms with Crippen LogP contribution in [0.4, 0.5) is 0 Å². The first-order valence-electron chi connectivity index (χ1n) is 6.00. The maximum Gasteiger partial charge on any atom is 0.106 e. The first-order chi connectivity index (χ1) is 7.36. The minimum atomic E-state index is 0.555. The Bertz CT molecular complexity index is 364. The van der Waals surface area contributed by atoms with Crippen molar-refractivity contribution in [2.24, 2.45) is 0 Å². The summed E-state index contributed by atoms with van der Waals surface area (Å²) in [4.78, 5) is 4.70. The minimum absolute atomic E-state index is 0.555. The van der Waals surface area contributed by atoms with Crippen molar-refractivity contribution in [3.05, 3.63) is 17.2 Å². The van der Waals surface area contributed by atoms with E-state index in [1.807, 2.05) is 0 Å². The highest BCUT2D eigenvalue weighted by Gasteiger charge is 2.25. The Kier molecular flexibility index (Phi) is 2.28. The Labute approximate surface area is 90.5 Å². The third-order valence-electron chi connectivity index (χ3n) is 3.62. The molecule has 0 radical (unpaired) electrons. The average molecular weight is 206 g/mol. The van der Waals surface area contributed by atoms with Crippen LogP contribution in [-0.2, 0) is 17.6 Å². The molecule has 1 aliphatic heterocycles. The van der Waals surface area contributed by atoms with E-state index in [4.69, 9.17) is 9.72 Å². The zero-order valence-corrected chi connectivity index (χ0v) is 9.33. The van der Waals surface area contributed by atoms with E-state index in [-0.39, 0.29) is 0 Å². The summed E-state index contributed by atoms with van der Waals surface area (Å²) >= 11 is 0. The Morgan fingerprint density at radius 2 is 2.20 bits per heavy atom. The fourth-order valence-corrected chi connectivity index (χ4v) is 2.91. The van der Waals surface area contributed by atoms with Crippen molar-refractivity contribution in [1.82, 2.24) is 9.55 Å². The van der Waals surface area contributed by atoms with Gasteiger partial charge in [0.1, 0.15) is 5.82 Å². The van der Waals surface area contributed by atoms with Crippen molar-refractivity contribution in [1.29, 1.82) is 0 Å². The topological polar surface area (TPSA) is 27.1 Å². The number of aromatic nitrogens is 2. The van der Waals surface area contributed by atoms with Crippen LogP contribution in [0.25, 0.3) is 0 Å². The van der Waals surface area contributed by atoms with E-state index in [0.29, 0.717) is 6.04 Å². The van der Waals surface area contributed by atoms with Crippen LogP contribution in [0.2, 0.25) is 0 Å². The van der Waals surface area contributed by atoms with Crippen LogP contribution < -0.4 is 0 Å². The number of rotatable bonds is 1. The van der Waals surface area contributed by atoms with E-state index in [0.717, 1.165) is 19.6 Å². The van der Waals surface area contributed by atoms with E-state index >= 15 is 0 Å². The summed E-state index contributed by atoms with van der Waals surface area (Å²) in [5.74, 6) is 1.19. The van der Waals surface area contributed by atoms with Crippen molar-refractivity contribution in [2.45, 2.75) is 45.1 Å². The molecule has 3 rings (SSSR count). The number of imidazole rings is 1. The van der Waals surface area contributed by atoms with Gasteiger partial charge in [0.2, 0.25) is 0 Å². The second-order valence-corrected chi connectivity index (χ2v) is 4.65. The van der Waals surface area contributed by atoms with E-state index in [9.17, 15) is 0 Å². The molecule has 82 valence electrons. The highest BCUT2D eigenvalue weighted by molar-refractivity contribution is 5.21. The summed E-state index contributed by atoms with van der Waals surface area (Å²) in [6, 6.07) is 0.555. The molecule has 1 saturated heterocycles. The van der Waals surface area contributed by atoms with Crippen molar-refractivity contribution < 1.29 is 4.74 Å². The van der Waals surface area contributed by atoms with E-state index < -0.39 is 0 Å². The number of aryl methyl sites for hydroxylation is 2. The molecular formula is C12H18N2O. The summed E-state index contributed by atoms with van der Waals surface area (Å²) in [6.45, 7) is 3.93. The molecule has 1 atom stereocenters. The quantitative estimate of drug-likeness (QED) is 0.703. The van der Waals surface area contributed by atoms with Crippen LogP contribution in [0, 0.1) is 6.92 Å². The van der Waals surface area contributed by atoms with Gasteiger partial charge >= 0.3 is 0 Å². The zero-order valence-electron chi connectivity index (χ0n) is 9.33. The minimum Gasteiger partial charge on any atom is -0.379 e. The van der Waals surface area contributed by atoms with Gasteiger partial charge in [-0.25, -0.2) is 4.98 Å². The largest absolute Gasteiger partial charge is 0.379 e. The summed E-state index contributed by atoms with van der Waals surface area (Å²) in [6.07, 6.45) is 6.18. The number of hydrogen-bond acceptors (Lipinski definition) is 2. The maximum absolute atomic E-state index is 5.48. The van der Waals surface area contributed by atoms with Crippen LogP contribution in [0.3, 0.4) is 0 Å². The van der Waals surface area contributed by atoms with Crippen molar-refractivity contribution in [3.63, 3.8) is 0 Å². The first kappa shape index (κ1) is 9.40. The fraction of sp³-hybridized carbons (Fsp3) is 0.750. The molecule has 2 heterocycles. The number of ether oxygens (including phenoxy) is 1. The summed E-state index contributed by atoms with van der Waals surface area (Å²) in [7, 11) is 0. The number of hydrogen-bond donors (Lipinski definition) is 0. The fourth-order valence-electron chi connectivity index (χ4n) is 2.91. The summed E-state index contributed by atoms with van der Waals surface area (Å²) in [5.41, 5.74) is 2.85. The molecule has 1 fully saturated rings. The molecule has 3 nitrogen and oxygen atoms in total. The van der Waals surface area contributed by atoms with Gasteiger partial charge in [-0.2, -0.15) is 0 Å². The van der Waals surface area contributed by atoms with Crippen LogP contribution in [-0.4, -0.2) is 22.8 Å². The smallest absolute Gasteiger partial charge is 0.106 e. The van der Waals surface area contributed by atoms with Crippen LogP contribution in [0.5, 0.6) is 0 Å². The lowest BCUT2D eigenvalue weighted by Crippen LogP contribution is -2.15. The van der Waals surface area contributed by atoms with Gasteiger partial charge in [0, 0.05) is 12.3 Å². The molecule has 2 aliphatic rings. The third-order valence-corrected chi connectivity index (χ3v) is 3.62. The molecule has 0 saturated carbocycles. The van der Waals surface area contributed by atoms with Crippen molar-refractivity contribution in [3.8, 4) is 0 Å². The van der Waals surface area contributed by atoms with Crippen molar-refractivity contribution >= 4 is 0 Å². The molecule has 15 heavy (non-hydrogen) atoms. The molecule has 0 amide bonds. The van der Waals surface area contributed by atoms with Gasteiger partial charge in [0.15, 0.2) is 0 Å². The van der Waals surface area contributed by atoms with Crippen LogP contribution >= 0.6 is 0 Å². The lowest BCUT2D eigenvalue weighted by atomic mass is 10.0. The van der Waals surface area contributed by atoms with Crippen LogP contribution in [0.15, 0.2) is 0 Å². The highest BCUT2D eigenvalue weighted by atomic mass is 16.5. The number of nitrogens with zero attached hydrogens (tertiary/aromatic N) is 2. The molecule has 0 N–H and O–H groups in total. The molecule has 0 bridgehead atoms. The molecule has 1 aliphatic carbocycles. The second kappa shape index (κ2) is 3.63. The van der Waals surface area contributed by atoms with Gasteiger partial charge < -0.3 is 9.30 Å². The first-order valence-corrected chi connectivity index (χ1v) is 6.00. The number of fused-ring (bicyclic) bond motifs is 1. The molecule has 0 aromatic carbocycles. The maximum atomic E-state index is 5.48. The standard InChI is InChI=1S/C12H18N2O/c1-9-13-11-4-2-3-5-12(11)14(9)10-6-7-15-8-10/h10H,2-8H2,1H3. The highest BCUT2D eigenvalue weighted by Crippen LogP contribution is 2.28. The zero-order chi connectivity index (χ0) is 10.3. The second-order valence-electron chi connectivity index (χ2n) is 4.65. The summed E-state index contributed by atoms with van der Waals surface area (Å²) < 4.78 is 7.92. The Hall–Kier alpha value is -0.830. The summed E-state index contributed by atoms with van der Waals surface area (Å²) in [5, 5.41) is 0. The lowest BCUT2D eigenvalue weighted by Gasteiger charge is -2.18. The lowest BCUT2D eigenvalue weighted by molar-refractivity contribution is 0.185. The molecule has 3 heteroatoms. The van der Waals surface area contributed by atoms with Crippen LogP contribution in [0.1, 0.15) is 42.5 Å². The Morgan fingerprint density at radius 1 is 1.33 bits per heavy atom. The van der Waals surface area contributed by atoms with Crippen molar-refractivity contribution in [2.75, 3.05) is 13.2 Å². The third kappa shape index (κ3) is 1.49. The van der Waals surface area contributed by atoms with Gasteiger partial charge in [-0.05, 0) is 39.0 Å². The normalized spacial score (nSPS) is 25.5. The Balaban J connectivity index is 2.01. The Morgan fingerprint density at radius 3 is 3.00 bits per heavy atom. The van der Waals surface area contributed by atoms with Gasteiger partial charge in [0.25, 0.3) is 0 Å². The van der Waals surface area contributed by atoms with E-state index in [1.54, 1.807) is 0 Å². The van der Waals surface area contributed by atoms with Gasteiger partial charge in [-0.15, -0.1) is 0 Å². The molecular weight excluding hydrogens is 188 g/mol. The average Bonchev–Trinajstić information content (AvgIpc) is 2.82. The van der Waals surface area contributed by atoms with Gasteiger partial charge in [-0.1, -0.05) is 0 Å². The van der Waals surface area contributed by atoms with Gasteiger partial charge in [0.05, 0.1) is 18.3 Å². The van der Waals surface area contributed by atoms with Gasteiger partial charge in [-0.3, -0.25) is 0 Å². The molecule has 1 unspecified atom stereocenters. The molecule has 1 aromatic rings. The SMILES string of the molecule is Cc1nc2c(n1C1CCOC1)CCCC2. The monoisotopic (exact) mass is 206 g/mol. The molecule has 1 aromatic heterocycles. The van der Waals surface area contributed by atoms with E-state index in [1.165, 1.54) is 42.9 Å². The molecule has 0 spiro atoms. The predicted octanol–water partition coefficient (Wildman–Crippen LogP) is 2.03.